The highest BCUT2D eigenvalue weighted by atomic mass is 19.4. The highest BCUT2D eigenvalue weighted by Gasteiger charge is 2.32. The molecule has 0 fully saturated rings. The maximum absolute atomic E-state index is 12.5. The van der Waals surface area contributed by atoms with Gasteiger partial charge in [-0.1, -0.05) is 5.92 Å². The SMILES string of the molecule is CCOC(=O)C#Cc1ccc(N)c(C(F)(F)F)c1. The second-order valence-corrected chi connectivity index (χ2v) is 3.27. The average Bonchev–Trinajstić information content (AvgIpc) is 2.27. The molecule has 0 aliphatic heterocycles. The summed E-state index contributed by atoms with van der Waals surface area (Å²) in [4.78, 5) is 10.9. The van der Waals surface area contributed by atoms with Gasteiger partial charge in [-0.25, -0.2) is 4.79 Å². The summed E-state index contributed by atoms with van der Waals surface area (Å²) in [6.45, 7) is 1.76. The molecule has 0 spiro atoms. The van der Waals surface area contributed by atoms with E-state index in [9.17, 15) is 18.0 Å². The van der Waals surface area contributed by atoms with Crippen LogP contribution in [-0.4, -0.2) is 12.6 Å². The molecule has 1 rings (SSSR count). The number of carbonyl (C=O) groups is 1. The van der Waals surface area contributed by atoms with E-state index in [4.69, 9.17) is 5.73 Å². The minimum absolute atomic E-state index is 0.0459. The number of hydrogen-bond donors (Lipinski definition) is 1. The van der Waals surface area contributed by atoms with Crippen molar-refractivity contribution in [1.82, 2.24) is 0 Å². The Kier molecular flexibility index (Phi) is 4.21. The normalized spacial score (nSPS) is 10.4. The maximum Gasteiger partial charge on any atom is 0.418 e. The topological polar surface area (TPSA) is 52.3 Å². The molecule has 3 nitrogen and oxygen atoms in total. The molecule has 0 aliphatic rings. The Hall–Kier alpha value is -2.16. The van der Waals surface area contributed by atoms with E-state index in [2.05, 4.69) is 16.6 Å². The summed E-state index contributed by atoms with van der Waals surface area (Å²) in [5.41, 5.74) is 3.91. The fourth-order valence-electron chi connectivity index (χ4n) is 1.17. The van der Waals surface area contributed by atoms with Gasteiger partial charge in [-0.2, -0.15) is 13.2 Å². The van der Waals surface area contributed by atoms with E-state index in [1.54, 1.807) is 6.92 Å². The van der Waals surface area contributed by atoms with Crippen LogP contribution in [0.5, 0.6) is 0 Å². The Morgan fingerprint density at radius 2 is 2.11 bits per heavy atom. The van der Waals surface area contributed by atoms with Crippen molar-refractivity contribution in [3.63, 3.8) is 0 Å². The van der Waals surface area contributed by atoms with Crippen molar-refractivity contribution in [3.05, 3.63) is 29.3 Å². The largest absolute Gasteiger partial charge is 0.456 e. The Bertz CT molecular complexity index is 512. The van der Waals surface area contributed by atoms with Crippen LogP contribution in [0.4, 0.5) is 18.9 Å². The molecule has 18 heavy (non-hydrogen) atoms. The Labute approximate surface area is 102 Å². The van der Waals surface area contributed by atoms with Crippen LogP contribution in [0.15, 0.2) is 18.2 Å². The first-order chi connectivity index (χ1) is 8.34. The fourth-order valence-corrected chi connectivity index (χ4v) is 1.17. The number of halogens is 3. The molecule has 0 bridgehead atoms. The summed E-state index contributed by atoms with van der Waals surface area (Å²) in [6.07, 6.45) is -4.55. The van der Waals surface area contributed by atoms with Gasteiger partial charge in [0, 0.05) is 17.2 Å². The van der Waals surface area contributed by atoms with Crippen molar-refractivity contribution in [1.29, 1.82) is 0 Å². The van der Waals surface area contributed by atoms with E-state index in [0.717, 1.165) is 12.1 Å². The predicted molar refractivity (Wildman–Crippen MR) is 59.4 cm³/mol. The number of anilines is 1. The van der Waals surface area contributed by atoms with Crippen LogP contribution in [0, 0.1) is 11.8 Å². The minimum atomic E-state index is -4.55. The van der Waals surface area contributed by atoms with Crippen LogP contribution >= 0.6 is 0 Å². The highest BCUT2D eigenvalue weighted by molar-refractivity contribution is 5.89. The molecular formula is C12H10F3NO2. The first-order valence-electron chi connectivity index (χ1n) is 5.00. The third-order valence-corrected chi connectivity index (χ3v) is 1.94. The van der Waals surface area contributed by atoms with Gasteiger partial charge in [-0.15, -0.1) is 0 Å². The molecule has 1 aromatic carbocycles. The predicted octanol–water partition coefficient (Wildman–Crippen LogP) is 2.20. The van der Waals surface area contributed by atoms with Crippen molar-refractivity contribution < 1.29 is 22.7 Å². The number of benzene rings is 1. The van der Waals surface area contributed by atoms with Crippen LogP contribution in [0.2, 0.25) is 0 Å². The van der Waals surface area contributed by atoms with Crippen molar-refractivity contribution in [2.45, 2.75) is 13.1 Å². The first kappa shape index (κ1) is 13.9. The smallest absolute Gasteiger partial charge is 0.418 e. The first-order valence-corrected chi connectivity index (χ1v) is 5.00. The quantitative estimate of drug-likeness (QED) is 0.476. The molecule has 0 atom stereocenters. The Morgan fingerprint density at radius 1 is 1.44 bits per heavy atom. The summed E-state index contributed by atoms with van der Waals surface area (Å²) >= 11 is 0. The van der Waals surface area contributed by atoms with Gasteiger partial charge in [0.25, 0.3) is 0 Å². The molecule has 0 amide bonds. The maximum atomic E-state index is 12.5. The van der Waals surface area contributed by atoms with Crippen molar-refractivity contribution in [2.24, 2.45) is 0 Å². The Balaban J connectivity index is 3.03. The molecule has 96 valence electrons. The zero-order chi connectivity index (χ0) is 13.8. The lowest BCUT2D eigenvalue weighted by atomic mass is 10.1. The van der Waals surface area contributed by atoms with Crippen molar-refractivity contribution in [2.75, 3.05) is 12.3 Å². The van der Waals surface area contributed by atoms with Gasteiger partial charge in [0.15, 0.2) is 0 Å². The van der Waals surface area contributed by atoms with Gasteiger partial charge in [0.2, 0.25) is 0 Å². The molecule has 6 heteroatoms. The minimum Gasteiger partial charge on any atom is -0.456 e. The van der Waals surface area contributed by atoms with Gasteiger partial charge < -0.3 is 10.5 Å². The van der Waals surface area contributed by atoms with Crippen LogP contribution in [0.1, 0.15) is 18.1 Å². The molecule has 0 heterocycles. The molecule has 0 saturated heterocycles. The number of hydrogen-bond acceptors (Lipinski definition) is 3. The van der Waals surface area contributed by atoms with Crippen molar-refractivity contribution >= 4 is 11.7 Å². The monoisotopic (exact) mass is 257 g/mol. The van der Waals surface area contributed by atoms with E-state index >= 15 is 0 Å². The second-order valence-electron chi connectivity index (χ2n) is 3.27. The summed E-state index contributed by atoms with van der Waals surface area (Å²) < 4.78 is 42.1. The molecule has 0 saturated carbocycles. The van der Waals surface area contributed by atoms with Gasteiger partial charge in [-0.05, 0) is 25.1 Å². The lowest BCUT2D eigenvalue weighted by Crippen LogP contribution is -2.09. The van der Waals surface area contributed by atoms with E-state index in [0.29, 0.717) is 0 Å². The van der Waals surface area contributed by atoms with Crippen molar-refractivity contribution in [3.8, 4) is 11.8 Å². The molecular weight excluding hydrogens is 247 g/mol. The molecule has 0 aromatic heterocycles. The molecule has 0 radical (unpaired) electrons. The van der Waals surface area contributed by atoms with Crippen LogP contribution < -0.4 is 5.73 Å². The zero-order valence-electron chi connectivity index (χ0n) is 9.47. The van der Waals surface area contributed by atoms with E-state index < -0.39 is 17.7 Å². The van der Waals surface area contributed by atoms with E-state index in [1.807, 2.05) is 0 Å². The number of nitrogens with two attached hydrogens (primary N) is 1. The van der Waals surface area contributed by atoms with Crippen LogP contribution in [0.25, 0.3) is 0 Å². The number of alkyl halides is 3. The second kappa shape index (κ2) is 5.45. The summed E-state index contributed by atoms with van der Waals surface area (Å²) in [7, 11) is 0. The third kappa shape index (κ3) is 3.70. The molecule has 2 N–H and O–H groups in total. The van der Waals surface area contributed by atoms with E-state index in [1.165, 1.54) is 6.07 Å². The standard InChI is InChI=1S/C12H10F3NO2/c1-2-18-11(17)6-4-8-3-5-10(16)9(7-8)12(13,14)15/h3,5,7H,2,16H2,1H3. The molecule has 0 unspecified atom stereocenters. The molecule has 1 aromatic rings. The lowest BCUT2D eigenvalue weighted by Gasteiger charge is -2.09. The van der Waals surface area contributed by atoms with Gasteiger partial charge in [0.05, 0.1) is 12.2 Å². The average molecular weight is 257 g/mol. The molecule has 0 aliphatic carbocycles. The van der Waals surface area contributed by atoms with Gasteiger partial charge in [0.1, 0.15) is 0 Å². The summed E-state index contributed by atoms with van der Waals surface area (Å²) in [5.74, 6) is 3.58. The third-order valence-electron chi connectivity index (χ3n) is 1.94. The number of esters is 1. The summed E-state index contributed by atoms with van der Waals surface area (Å²) in [6, 6.07) is 3.19. The highest BCUT2D eigenvalue weighted by Crippen LogP contribution is 2.33. The lowest BCUT2D eigenvalue weighted by molar-refractivity contribution is -0.137. The number of rotatable bonds is 1. The number of ether oxygens (including phenoxy) is 1. The summed E-state index contributed by atoms with van der Waals surface area (Å²) in [5, 5.41) is 0. The number of nitrogen functional groups attached to an aromatic ring is 1. The van der Waals surface area contributed by atoms with Gasteiger partial charge >= 0.3 is 12.1 Å². The van der Waals surface area contributed by atoms with Crippen LogP contribution in [0.3, 0.4) is 0 Å². The number of carbonyl (C=O) groups excluding carboxylic acids is 1. The van der Waals surface area contributed by atoms with Gasteiger partial charge in [-0.3, -0.25) is 0 Å². The Morgan fingerprint density at radius 3 is 2.67 bits per heavy atom. The van der Waals surface area contributed by atoms with Crippen LogP contribution in [-0.2, 0) is 15.7 Å². The van der Waals surface area contributed by atoms with E-state index in [-0.39, 0.29) is 17.9 Å². The fraction of sp³-hybridized carbons (Fsp3) is 0.250. The zero-order valence-corrected chi connectivity index (χ0v) is 9.47.